The van der Waals surface area contributed by atoms with Gasteiger partial charge in [-0.2, -0.15) is 0 Å². The van der Waals surface area contributed by atoms with Gasteiger partial charge in [0.15, 0.2) is 6.10 Å². The summed E-state index contributed by atoms with van der Waals surface area (Å²) >= 11 is 0. The van der Waals surface area contributed by atoms with Crippen molar-refractivity contribution in [2.45, 2.75) is 6.10 Å². The van der Waals surface area contributed by atoms with Crippen LogP contribution in [0.1, 0.15) is 11.7 Å². The lowest BCUT2D eigenvalue weighted by Crippen LogP contribution is -2.31. The van der Waals surface area contributed by atoms with Gasteiger partial charge in [0.05, 0.1) is 6.61 Å². The molecule has 0 fully saturated rings. The molecule has 0 bridgehead atoms. The smallest absolute Gasteiger partial charge is 0.253 e. The SMILES string of the molecule is COCCNC(=O)C(O)c1ccc(F)cc1. The van der Waals surface area contributed by atoms with Crippen molar-refractivity contribution in [3.8, 4) is 0 Å². The molecule has 1 aromatic carbocycles. The third kappa shape index (κ3) is 3.60. The van der Waals surface area contributed by atoms with Crippen molar-refractivity contribution in [3.05, 3.63) is 35.6 Å². The molecule has 0 heterocycles. The van der Waals surface area contributed by atoms with Crippen molar-refractivity contribution in [2.75, 3.05) is 20.3 Å². The Hall–Kier alpha value is -1.46. The summed E-state index contributed by atoms with van der Waals surface area (Å²) in [6.07, 6.45) is -1.28. The molecule has 1 unspecified atom stereocenters. The molecule has 0 aliphatic heterocycles. The summed E-state index contributed by atoms with van der Waals surface area (Å²) in [5.74, 6) is -0.931. The summed E-state index contributed by atoms with van der Waals surface area (Å²) in [5, 5.41) is 12.1. The molecule has 1 amide bonds. The zero-order valence-electron chi connectivity index (χ0n) is 8.94. The minimum atomic E-state index is -1.28. The maximum atomic E-state index is 12.6. The number of aliphatic hydroxyl groups is 1. The number of hydrogen-bond acceptors (Lipinski definition) is 3. The minimum absolute atomic E-state index is 0.327. The van der Waals surface area contributed by atoms with Gasteiger partial charge in [-0.15, -0.1) is 0 Å². The molecule has 0 aliphatic rings. The monoisotopic (exact) mass is 227 g/mol. The van der Waals surface area contributed by atoms with Gasteiger partial charge in [0.25, 0.3) is 5.91 Å². The molecule has 0 saturated heterocycles. The predicted octanol–water partition coefficient (Wildman–Crippen LogP) is 0.622. The van der Waals surface area contributed by atoms with E-state index in [1.165, 1.54) is 31.4 Å². The number of ether oxygens (including phenoxy) is 1. The molecule has 0 aromatic heterocycles. The number of carbonyl (C=O) groups is 1. The Balaban J connectivity index is 2.53. The third-order valence-electron chi connectivity index (χ3n) is 2.04. The molecular weight excluding hydrogens is 213 g/mol. The molecular formula is C11H14FNO3. The van der Waals surface area contributed by atoms with Crippen LogP contribution in [0.15, 0.2) is 24.3 Å². The van der Waals surface area contributed by atoms with Gasteiger partial charge >= 0.3 is 0 Å². The molecule has 16 heavy (non-hydrogen) atoms. The van der Waals surface area contributed by atoms with E-state index in [0.717, 1.165) is 0 Å². The number of amides is 1. The van der Waals surface area contributed by atoms with E-state index in [2.05, 4.69) is 5.32 Å². The van der Waals surface area contributed by atoms with Crippen molar-refractivity contribution in [1.82, 2.24) is 5.32 Å². The highest BCUT2D eigenvalue weighted by Crippen LogP contribution is 2.13. The van der Waals surface area contributed by atoms with Crippen LogP contribution in [0.2, 0.25) is 0 Å². The zero-order chi connectivity index (χ0) is 12.0. The first-order valence-corrected chi connectivity index (χ1v) is 4.85. The van der Waals surface area contributed by atoms with Gasteiger partial charge in [-0.1, -0.05) is 12.1 Å². The topological polar surface area (TPSA) is 58.6 Å². The van der Waals surface area contributed by atoms with Crippen molar-refractivity contribution in [3.63, 3.8) is 0 Å². The van der Waals surface area contributed by atoms with E-state index >= 15 is 0 Å². The van der Waals surface area contributed by atoms with Crippen molar-refractivity contribution < 1.29 is 19.0 Å². The summed E-state index contributed by atoms with van der Waals surface area (Å²) in [6, 6.07) is 5.13. The Bertz CT molecular complexity index is 340. The van der Waals surface area contributed by atoms with Crippen LogP contribution in [-0.2, 0) is 9.53 Å². The first-order valence-electron chi connectivity index (χ1n) is 4.85. The predicted molar refractivity (Wildman–Crippen MR) is 56.2 cm³/mol. The fourth-order valence-corrected chi connectivity index (χ4v) is 1.17. The number of halogens is 1. The lowest BCUT2D eigenvalue weighted by Gasteiger charge is -2.11. The molecule has 1 atom stereocenters. The van der Waals surface area contributed by atoms with Gasteiger partial charge < -0.3 is 15.2 Å². The molecule has 0 saturated carbocycles. The molecule has 0 radical (unpaired) electrons. The van der Waals surface area contributed by atoms with E-state index in [4.69, 9.17) is 4.74 Å². The lowest BCUT2D eigenvalue weighted by molar-refractivity contribution is -0.129. The fourth-order valence-electron chi connectivity index (χ4n) is 1.17. The highest BCUT2D eigenvalue weighted by Gasteiger charge is 2.16. The second-order valence-corrected chi connectivity index (χ2v) is 3.24. The Kier molecular flexibility index (Phi) is 4.88. The summed E-state index contributed by atoms with van der Waals surface area (Å²) in [4.78, 5) is 11.4. The maximum absolute atomic E-state index is 12.6. The van der Waals surface area contributed by atoms with Gasteiger partial charge in [0, 0.05) is 13.7 Å². The highest BCUT2D eigenvalue weighted by molar-refractivity contribution is 5.81. The quantitative estimate of drug-likeness (QED) is 0.725. The second kappa shape index (κ2) is 6.19. The number of benzene rings is 1. The highest BCUT2D eigenvalue weighted by atomic mass is 19.1. The summed E-state index contributed by atoms with van der Waals surface area (Å²) < 4.78 is 17.3. The van der Waals surface area contributed by atoms with E-state index < -0.39 is 17.8 Å². The Labute approximate surface area is 93.0 Å². The molecule has 1 rings (SSSR count). The number of rotatable bonds is 5. The summed E-state index contributed by atoms with van der Waals surface area (Å²) in [7, 11) is 1.52. The van der Waals surface area contributed by atoms with Crippen molar-refractivity contribution in [1.29, 1.82) is 0 Å². The van der Waals surface area contributed by atoms with Gasteiger partial charge in [-0.25, -0.2) is 4.39 Å². The van der Waals surface area contributed by atoms with Crippen LogP contribution in [0.5, 0.6) is 0 Å². The first kappa shape index (κ1) is 12.6. The Morgan fingerprint density at radius 2 is 2.12 bits per heavy atom. The van der Waals surface area contributed by atoms with Crippen LogP contribution < -0.4 is 5.32 Å². The summed E-state index contributed by atoms with van der Waals surface area (Å²) in [5.41, 5.74) is 0.358. The van der Waals surface area contributed by atoms with Gasteiger partial charge in [-0.05, 0) is 17.7 Å². The minimum Gasteiger partial charge on any atom is -0.383 e. The third-order valence-corrected chi connectivity index (χ3v) is 2.04. The standard InChI is InChI=1S/C11H14FNO3/c1-16-7-6-13-11(15)10(14)8-2-4-9(12)5-3-8/h2-5,10,14H,6-7H2,1H3,(H,13,15). The zero-order valence-corrected chi connectivity index (χ0v) is 8.94. The first-order chi connectivity index (χ1) is 7.65. The number of aliphatic hydroxyl groups excluding tert-OH is 1. The van der Waals surface area contributed by atoms with Gasteiger partial charge in [0.2, 0.25) is 0 Å². The lowest BCUT2D eigenvalue weighted by atomic mass is 10.1. The van der Waals surface area contributed by atoms with Crippen molar-refractivity contribution >= 4 is 5.91 Å². The number of nitrogens with one attached hydrogen (secondary N) is 1. The van der Waals surface area contributed by atoms with E-state index in [1.54, 1.807) is 0 Å². The summed E-state index contributed by atoms with van der Waals surface area (Å²) in [6.45, 7) is 0.704. The molecule has 0 aliphatic carbocycles. The van der Waals surface area contributed by atoms with Crippen LogP contribution >= 0.6 is 0 Å². The molecule has 4 nitrogen and oxygen atoms in total. The van der Waals surface area contributed by atoms with Crippen LogP contribution in [0.4, 0.5) is 4.39 Å². The van der Waals surface area contributed by atoms with Crippen LogP contribution in [0.25, 0.3) is 0 Å². The number of methoxy groups -OCH3 is 1. The molecule has 2 N–H and O–H groups in total. The average molecular weight is 227 g/mol. The second-order valence-electron chi connectivity index (χ2n) is 3.24. The van der Waals surface area contributed by atoms with E-state index in [1.807, 2.05) is 0 Å². The van der Waals surface area contributed by atoms with Crippen molar-refractivity contribution in [2.24, 2.45) is 0 Å². The van der Waals surface area contributed by atoms with Gasteiger partial charge in [-0.3, -0.25) is 4.79 Å². The van der Waals surface area contributed by atoms with Crippen LogP contribution in [-0.4, -0.2) is 31.3 Å². The van der Waals surface area contributed by atoms with E-state index in [0.29, 0.717) is 18.7 Å². The molecule has 5 heteroatoms. The van der Waals surface area contributed by atoms with E-state index in [9.17, 15) is 14.3 Å². The van der Waals surface area contributed by atoms with Gasteiger partial charge in [0.1, 0.15) is 5.82 Å². The maximum Gasteiger partial charge on any atom is 0.253 e. The average Bonchev–Trinajstić information content (AvgIpc) is 2.29. The number of hydrogen-bond donors (Lipinski definition) is 2. The molecule has 1 aromatic rings. The Morgan fingerprint density at radius 3 is 2.69 bits per heavy atom. The van der Waals surface area contributed by atoms with Crippen LogP contribution in [0.3, 0.4) is 0 Å². The van der Waals surface area contributed by atoms with Crippen LogP contribution in [0, 0.1) is 5.82 Å². The fraction of sp³-hybridized carbons (Fsp3) is 0.364. The molecule has 88 valence electrons. The van der Waals surface area contributed by atoms with E-state index in [-0.39, 0.29) is 0 Å². The molecule has 0 spiro atoms. The Morgan fingerprint density at radius 1 is 1.50 bits per heavy atom. The largest absolute Gasteiger partial charge is 0.383 e. The normalized spacial score (nSPS) is 12.2. The number of carbonyl (C=O) groups excluding carboxylic acids is 1.